The lowest BCUT2D eigenvalue weighted by Gasteiger charge is -2.02. The van der Waals surface area contributed by atoms with Crippen LogP contribution in [-0.2, 0) is 0 Å². The quantitative estimate of drug-likeness (QED) is 0.822. The Bertz CT molecular complexity index is 595. The van der Waals surface area contributed by atoms with Crippen LogP contribution in [0.15, 0.2) is 29.1 Å². The van der Waals surface area contributed by atoms with E-state index >= 15 is 0 Å². The molecule has 6 heteroatoms. The highest BCUT2D eigenvalue weighted by molar-refractivity contribution is 6.42. The molecule has 1 aromatic carbocycles. The first-order chi connectivity index (χ1) is 7.58. The van der Waals surface area contributed by atoms with E-state index in [1.165, 1.54) is 6.07 Å². The standard InChI is InChI=1S/C10H7Cl2N3O/c11-7-2-1-5(3-8(7)12)6-4-9(13)14-15-10(6)16/h1-4H,(H2,13,14)(H,15,16). The SMILES string of the molecule is Nc1cc(-c2ccc(Cl)c(Cl)c2)c(=O)[nH]n1. The summed E-state index contributed by atoms with van der Waals surface area (Å²) in [5, 5.41) is 6.70. The van der Waals surface area contributed by atoms with Crippen LogP contribution in [0.2, 0.25) is 10.0 Å². The fourth-order valence-corrected chi connectivity index (χ4v) is 1.60. The van der Waals surface area contributed by atoms with Gasteiger partial charge in [0.25, 0.3) is 5.56 Å². The molecule has 0 aliphatic carbocycles. The van der Waals surface area contributed by atoms with Crippen LogP contribution >= 0.6 is 23.2 Å². The largest absolute Gasteiger partial charge is 0.382 e. The summed E-state index contributed by atoms with van der Waals surface area (Å²) in [6.45, 7) is 0. The van der Waals surface area contributed by atoms with Crippen LogP contribution in [0.5, 0.6) is 0 Å². The minimum atomic E-state index is -0.326. The molecule has 0 unspecified atom stereocenters. The highest BCUT2D eigenvalue weighted by Crippen LogP contribution is 2.27. The molecule has 1 heterocycles. The van der Waals surface area contributed by atoms with E-state index in [1.54, 1.807) is 18.2 Å². The zero-order valence-corrected chi connectivity index (χ0v) is 9.51. The zero-order valence-electron chi connectivity index (χ0n) is 8.00. The molecule has 4 nitrogen and oxygen atoms in total. The van der Waals surface area contributed by atoms with Gasteiger partial charge >= 0.3 is 0 Å². The second-order valence-corrected chi connectivity index (χ2v) is 3.98. The van der Waals surface area contributed by atoms with Crippen molar-refractivity contribution >= 4 is 29.0 Å². The fraction of sp³-hybridized carbons (Fsp3) is 0. The van der Waals surface area contributed by atoms with Crippen molar-refractivity contribution in [1.29, 1.82) is 0 Å². The summed E-state index contributed by atoms with van der Waals surface area (Å²) in [5.41, 5.74) is 6.22. The van der Waals surface area contributed by atoms with Gasteiger partial charge in [-0.05, 0) is 23.8 Å². The molecule has 0 bridgehead atoms. The number of H-pyrrole nitrogens is 1. The molecule has 0 atom stereocenters. The predicted molar refractivity (Wildman–Crippen MR) is 64.7 cm³/mol. The Morgan fingerprint density at radius 3 is 2.62 bits per heavy atom. The van der Waals surface area contributed by atoms with E-state index in [0.717, 1.165) is 0 Å². The van der Waals surface area contributed by atoms with Gasteiger partial charge in [-0.3, -0.25) is 4.79 Å². The molecule has 0 fully saturated rings. The molecule has 16 heavy (non-hydrogen) atoms. The van der Waals surface area contributed by atoms with Crippen LogP contribution in [-0.4, -0.2) is 10.2 Å². The molecule has 0 radical (unpaired) electrons. The van der Waals surface area contributed by atoms with Crippen LogP contribution in [0.1, 0.15) is 0 Å². The van der Waals surface area contributed by atoms with Crippen LogP contribution < -0.4 is 11.3 Å². The van der Waals surface area contributed by atoms with Gasteiger partial charge in [0.2, 0.25) is 0 Å². The molecule has 0 saturated heterocycles. The van der Waals surface area contributed by atoms with Gasteiger partial charge in [-0.15, -0.1) is 0 Å². The lowest BCUT2D eigenvalue weighted by molar-refractivity contribution is 1.00. The normalized spacial score (nSPS) is 10.4. The molecule has 3 N–H and O–H groups in total. The molecule has 0 saturated carbocycles. The Balaban J connectivity index is 2.63. The Morgan fingerprint density at radius 1 is 1.19 bits per heavy atom. The lowest BCUT2D eigenvalue weighted by Crippen LogP contribution is -2.12. The number of nitrogens with one attached hydrogen (secondary N) is 1. The average Bonchev–Trinajstić information content (AvgIpc) is 2.26. The number of hydrogen-bond acceptors (Lipinski definition) is 3. The van der Waals surface area contributed by atoms with Gasteiger partial charge in [0.1, 0.15) is 5.82 Å². The fourth-order valence-electron chi connectivity index (χ4n) is 1.30. The number of benzene rings is 1. The monoisotopic (exact) mass is 255 g/mol. The minimum Gasteiger partial charge on any atom is -0.382 e. The van der Waals surface area contributed by atoms with Gasteiger partial charge in [-0.1, -0.05) is 29.3 Å². The number of nitrogens with two attached hydrogens (primary N) is 1. The number of hydrogen-bond donors (Lipinski definition) is 2. The zero-order chi connectivity index (χ0) is 11.7. The van der Waals surface area contributed by atoms with Crippen molar-refractivity contribution in [3.8, 4) is 11.1 Å². The Labute approximate surface area is 101 Å². The number of nitrogen functional groups attached to an aromatic ring is 1. The summed E-state index contributed by atoms with van der Waals surface area (Å²) in [4.78, 5) is 11.5. The molecule has 82 valence electrons. The summed E-state index contributed by atoms with van der Waals surface area (Å²) in [7, 11) is 0. The number of rotatable bonds is 1. The minimum absolute atomic E-state index is 0.237. The number of anilines is 1. The van der Waals surface area contributed by atoms with Crippen molar-refractivity contribution in [3.05, 3.63) is 44.7 Å². The van der Waals surface area contributed by atoms with E-state index in [2.05, 4.69) is 10.2 Å². The Morgan fingerprint density at radius 2 is 1.94 bits per heavy atom. The number of aromatic amines is 1. The van der Waals surface area contributed by atoms with Crippen molar-refractivity contribution in [2.45, 2.75) is 0 Å². The summed E-state index contributed by atoms with van der Waals surface area (Å²) in [6.07, 6.45) is 0. The first-order valence-electron chi connectivity index (χ1n) is 4.38. The number of halogens is 2. The lowest BCUT2D eigenvalue weighted by atomic mass is 10.1. The van der Waals surface area contributed by atoms with Gasteiger partial charge in [0.05, 0.1) is 15.6 Å². The van der Waals surface area contributed by atoms with Gasteiger partial charge < -0.3 is 5.73 Å². The van der Waals surface area contributed by atoms with Crippen LogP contribution in [0.25, 0.3) is 11.1 Å². The molecule has 0 aliphatic heterocycles. The Kier molecular flexibility index (Phi) is 2.85. The molecular weight excluding hydrogens is 249 g/mol. The van der Waals surface area contributed by atoms with Gasteiger partial charge in [0, 0.05) is 0 Å². The third kappa shape index (κ3) is 2.03. The van der Waals surface area contributed by atoms with E-state index in [9.17, 15) is 4.79 Å². The second-order valence-electron chi connectivity index (χ2n) is 3.16. The van der Waals surface area contributed by atoms with E-state index in [-0.39, 0.29) is 11.4 Å². The number of aromatic nitrogens is 2. The third-order valence-corrected chi connectivity index (χ3v) is 2.79. The molecule has 0 amide bonds. The maximum atomic E-state index is 11.5. The van der Waals surface area contributed by atoms with Crippen molar-refractivity contribution in [2.75, 3.05) is 5.73 Å². The highest BCUT2D eigenvalue weighted by atomic mass is 35.5. The van der Waals surface area contributed by atoms with E-state index in [0.29, 0.717) is 21.2 Å². The smallest absolute Gasteiger partial charge is 0.272 e. The van der Waals surface area contributed by atoms with Crippen LogP contribution in [0.3, 0.4) is 0 Å². The maximum absolute atomic E-state index is 11.5. The number of nitrogens with zero attached hydrogens (tertiary/aromatic N) is 1. The molecule has 0 spiro atoms. The first kappa shape index (κ1) is 11.0. The molecule has 1 aromatic heterocycles. The maximum Gasteiger partial charge on any atom is 0.272 e. The topological polar surface area (TPSA) is 71.8 Å². The Hall–Kier alpha value is -1.52. The van der Waals surface area contributed by atoms with Crippen molar-refractivity contribution in [3.63, 3.8) is 0 Å². The van der Waals surface area contributed by atoms with E-state index in [4.69, 9.17) is 28.9 Å². The molecular formula is C10H7Cl2N3O. The van der Waals surface area contributed by atoms with Gasteiger partial charge in [-0.2, -0.15) is 5.10 Å². The molecule has 0 aliphatic rings. The summed E-state index contributed by atoms with van der Waals surface area (Å²) < 4.78 is 0. The highest BCUT2D eigenvalue weighted by Gasteiger charge is 2.06. The summed E-state index contributed by atoms with van der Waals surface area (Å²) in [6, 6.07) is 6.40. The van der Waals surface area contributed by atoms with Crippen LogP contribution in [0, 0.1) is 0 Å². The van der Waals surface area contributed by atoms with E-state index in [1.807, 2.05) is 0 Å². The molecule has 2 rings (SSSR count). The van der Waals surface area contributed by atoms with Gasteiger partial charge in [0.15, 0.2) is 0 Å². The predicted octanol–water partition coefficient (Wildman–Crippen LogP) is 2.33. The first-order valence-corrected chi connectivity index (χ1v) is 5.14. The summed E-state index contributed by atoms with van der Waals surface area (Å²) >= 11 is 11.6. The van der Waals surface area contributed by atoms with Crippen molar-refractivity contribution in [2.24, 2.45) is 0 Å². The van der Waals surface area contributed by atoms with Crippen LogP contribution in [0.4, 0.5) is 5.82 Å². The molecule has 2 aromatic rings. The third-order valence-electron chi connectivity index (χ3n) is 2.05. The van der Waals surface area contributed by atoms with E-state index < -0.39 is 0 Å². The average molecular weight is 256 g/mol. The summed E-state index contributed by atoms with van der Waals surface area (Å²) in [5.74, 6) is 0.237. The van der Waals surface area contributed by atoms with Crippen molar-refractivity contribution < 1.29 is 0 Å². The van der Waals surface area contributed by atoms with Crippen molar-refractivity contribution in [1.82, 2.24) is 10.2 Å². The van der Waals surface area contributed by atoms with Gasteiger partial charge in [-0.25, -0.2) is 5.10 Å². The second kappa shape index (κ2) is 4.15.